The van der Waals surface area contributed by atoms with Crippen LogP contribution in [0.4, 0.5) is 0 Å². The SMILES string of the molecule is CCCCOOS(=O)(=O)O. The van der Waals surface area contributed by atoms with E-state index in [-0.39, 0.29) is 6.61 Å². The van der Waals surface area contributed by atoms with Crippen molar-refractivity contribution >= 4 is 10.4 Å². The third kappa shape index (κ3) is 7.83. The average Bonchev–Trinajstić information content (AvgIpc) is 1.78. The maximum atomic E-state index is 9.80. The third-order valence-corrected chi connectivity index (χ3v) is 0.984. The third-order valence-electron chi connectivity index (χ3n) is 0.715. The molecule has 0 saturated heterocycles. The lowest BCUT2D eigenvalue weighted by Gasteiger charge is -1.96. The summed E-state index contributed by atoms with van der Waals surface area (Å²) in [6.07, 6.45) is 1.56. The summed E-state index contributed by atoms with van der Waals surface area (Å²) in [4.78, 5) is 4.10. The van der Waals surface area contributed by atoms with Crippen LogP contribution < -0.4 is 0 Å². The molecule has 5 nitrogen and oxygen atoms in total. The molecule has 0 aromatic carbocycles. The fourth-order valence-corrected chi connectivity index (χ4v) is 0.488. The molecular weight excluding hydrogens is 160 g/mol. The van der Waals surface area contributed by atoms with Gasteiger partial charge in [0.2, 0.25) is 0 Å². The number of unbranched alkanes of at least 4 members (excludes halogenated alkanes) is 1. The maximum Gasteiger partial charge on any atom is 0.424 e. The van der Waals surface area contributed by atoms with Gasteiger partial charge in [0.15, 0.2) is 0 Å². The van der Waals surface area contributed by atoms with E-state index >= 15 is 0 Å². The van der Waals surface area contributed by atoms with Gasteiger partial charge in [0.05, 0.1) is 6.61 Å². The van der Waals surface area contributed by atoms with E-state index in [1.54, 1.807) is 0 Å². The Morgan fingerprint density at radius 2 is 2.10 bits per heavy atom. The molecule has 0 aromatic heterocycles. The van der Waals surface area contributed by atoms with E-state index < -0.39 is 10.4 Å². The van der Waals surface area contributed by atoms with Gasteiger partial charge in [-0.3, -0.25) is 4.55 Å². The van der Waals surface area contributed by atoms with E-state index in [9.17, 15) is 8.42 Å². The first-order chi connectivity index (χ1) is 4.56. The Balaban J connectivity index is 3.21. The molecule has 0 fully saturated rings. The smallest absolute Gasteiger partial charge is 0.262 e. The summed E-state index contributed by atoms with van der Waals surface area (Å²) in [5, 5.41) is 0. The summed E-state index contributed by atoms with van der Waals surface area (Å²) in [6, 6.07) is 0. The predicted octanol–water partition coefficient (Wildman–Crippen LogP) is 0.538. The van der Waals surface area contributed by atoms with Crippen LogP contribution in [0.2, 0.25) is 0 Å². The molecule has 0 spiro atoms. The Hall–Kier alpha value is -0.170. The molecule has 0 bridgehead atoms. The molecule has 0 radical (unpaired) electrons. The Morgan fingerprint density at radius 3 is 2.50 bits per heavy atom. The Labute approximate surface area is 59.8 Å². The summed E-state index contributed by atoms with van der Waals surface area (Å²) in [7, 11) is -4.43. The van der Waals surface area contributed by atoms with E-state index in [1.165, 1.54) is 0 Å². The van der Waals surface area contributed by atoms with Gasteiger partial charge in [0.1, 0.15) is 0 Å². The fraction of sp³-hybridized carbons (Fsp3) is 1.00. The van der Waals surface area contributed by atoms with E-state index in [4.69, 9.17) is 4.55 Å². The van der Waals surface area contributed by atoms with Crippen molar-refractivity contribution in [2.24, 2.45) is 0 Å². The fourth-order valence-electron chi connectivity index (χ4n) is 0.298. The van der Waals surface area contributed by atoms with Gasteiger partial charge in [0.25, 0.3) is 0 Å². The van der Waals surface area contributed by atoms with Gasteiger partial charge in [-0.15, -0.1) is 0 Å². The summed E-state index contributed by atoms with van der Waals surface area (Å²) in [5.74, 6) is 0. The van der Waals surface area contributed by atoms with E-state index in [0.717, 1.165) is 6.42 Å². The largest absolute Gasteiger partial charge is 0.424 e. The van der Waals surface area contributed by atoms with E-state index in [1.807, 2.05) is 6.92 Å². The molecule has 0 aromatic rings. The molecule has 10 heavy (non-hydrogen) atoms. The van der Waals surface area contributed by atoms with Gasteiger partial charge in [-0.25, -0.2) is 4.89 Å². The van der Waals surface area contributed by atoms with Crippen LogP contribution in [-0.2, 0) is 19.6 Å². The summed E-state index contributed by atoms with van der Waals surface area (Å²) < 4.78 is 31.1. The highest BCUT2D eigenvalue weighted by Crippen LogP contribution is 1.91. The van der Waals surface area contributed by atoms with Gasteiger partial charge in [-0.2, -0.15) is 8.42 Å². The van der Waals surface area contributed by atoms with Crippen molar-refractivity contribution in [3.05, 3.63) is 0 Å². The molecule has 0 unspecified atom stereocenters. The summed E-state index contributed by atoms with van der Waals surface area (Å²) in [6.45, 7) is 2.08. The van der Waals surface area contributed by atoms with Crippen molar-refractivity contribution in [1.82, 2.24) is 0 Å². The Morgan fingerprint density at radius 1 is 1.50 bits per heavy atom. The molecule has 6 heteroatoms. The van der Waals surface area contributed by atoms with Gasteiger partial charge in [-0.1, -0.05) is 17.7 Å². The van der Waals surface area contributed by atoms with Crippen molar-refractivity contribution in [3.8, 4) is 0 Å². The maximum absolute atomic E-state index is 9.80. The van der Waals surface area contributed by atoms with Crippen LogP contribution in [0.5, 0.6) is 0 Å². The zero-order valence-electron chi connectivity index (χ0n) is 5.61. The summed E-state index contributed by atoms with van der Waals surface area (Å²) in [5.41, 5.74) is 0. The predicted molar refractivity (Wildman–Crippen MR) is 33.5 cm³/mol. The topological polar surface area (TPSA) is 72.8 Å². The monoisotopic (exact) mass is 170 g/mol. The van der Waals surface area contributed by atoms with Crippen LogP contribution >= 0.6 is 0 Å². The van der Waals surface area contributed by atoms with Crippen LogP contribution in [0.25, 0.3) is 0 Å². The molecule has 0 heterocycles. The zero-order chi connectivity index (χ0) is 8.04. The molecular formula is C4H10O5S. The van der Waals surface area contributed by atoms with Gasteiger partial charge in [0, 0.05) is 0 Å². The lowest BCUT2D eigenvalue weighted by Crippen LogP contribution is -2.05. The standard InChI is InChI=1S/C4H10O5S/c1-2-3-4-8-9-10(5,6)7/h2-4H2,1H3,(H,5,6,7). The van der Waals surface area contributed by atoms with Crippen molar-refractivity contribution < 1.29 is 22.2 Å². The molecule has 1 N–H and O–H groups in total. The first kappa shape index (κ1) is 9.83. The van der Waals surface area contributed by atoms with E-state index in [2.05, 4.69) is 9.22 Å². The normalized spacial score (nSPS) is 11.8. The highest BCUT2D eigenvalue weighted by Gasteiger charge is 2.03. The van der Waals surface area contributed by atoms with Crippen LogP contribution in [-0.4, -0.2) is 19.6 Å². The Kier molecular flexibility index (Phi) is 4.54. The second-order valence-corrected chi connectivity index (χ2v) is 2.66. The molecule has 62 valence electrons. The molecule has 0 aliphatic rings. The lowest BCUT2D eigenvalue weighted by atomic mass is 10.4. The molecule has 0 aliphatic carbocycles. The second kappa shape index (κ2) is 4.62. The molecule has 0 rings (SSSR count). The van der Waals surface area contributed by atoms with Crippen molar-refractivity contribution in [1.29, 1.82) is 0 Å². The molecule has 0 amide bonds. The second-order valence-electron chi connectivity index (χ2n) is 1.67. The van der Waals surface area contributed by atoms with Crippen molar-refractivity contribution in [3.63, 3.8) is 0 Å². The van der Waals surface area contributed by atoms with Crippen LogP contribution in [0.15, 0.2) is 0 Å². The van der Waals surface area contributed by atoms with Gasteiger partial charge < -0.3 is 0 Å². The van der Waals surface area contributed by atoms with Crippen molar-refractivity contribution in [2.75, 3.05) is 6.61 Å². The minimum atomic E-state index is -4.43. The zero-order valence-corrected chi connectivity index (χ0v) is 6.43. The van der Waals surface area contributed by atoms with Crippen LogP contribution in [0, 0.1) is 0 Å². The first-order valence-electron chi connectivity index (χ1n) is 2.85. The number of hydrogen-bond donors (Lipinski definition) is 1. The molecule has 0 saturated carbocycles. The highest BCUT2D eigenvalue weighted by molar-refractivity contribution is 7.80. The van der Waals surface area contributed by atoms with Crippen molar-refractivity contribution in [2.45, 2.75) is 19.8 Å². The summed E-state index contributed by atoms with van der Waals surface area (Å²) >= 11 is 0. The van der Waals surface area contributed by atoms with Gasteiger partial charge >= 0.3 is 10.4 Å². The van der Waals surface area contributed by atoms with Gasteiger partial charge in [-0.05, 0) is 6.42 Å². The average molecular weight is 170 g/mol. The minimum Gasteiger partial charge on any atom is -0.262 e. The van der Waals surface area contributed by atoms with Crippen LogP contribution in [0.1, 0.15) is 19.8 Å². The lowest BCUT2D eigenvalue weighted by molar-refractivity contribution is -0.208. The van der Waals surface area contributed by atoms with E-state index in [0.29, 0.717) is 6.42 Å². The molecule has 0 aliphatic heterocycles. The number of hydrogen-bond acceptors (Lipinski definition) is 4. The minimum absolute atomic E-state index is 0.163. The van der Waals surface area contributed by atoms with Crippen LogP contribution in [0.3, 0.4) is 0 Å². The molecule has 0 atom stereocenters. The Bertz CT molecular complexity index is 160. The highest BCUT2D eigenvalue weighted by atomic mass is 32.3. The quantitative estimate of drug-likeness (QED) is 0.282. The number of rotatable bonds is 5. The first-order valence-corrected chi connectivity index (χ1v) is 4.21.